The molecule has 1 saturated heterocycles. The van der Waals surface area contributed by atoms with Gasteiger partial charge in [-0.2, -0.15) is 0 Å². The van der Waals surface area contributed by atoms with Gasteiger partial charge in [0, 0.05) is 24.6 Å². The molecule has 0 spiro atoms. The van der Waals surface area contributed by atoms with Crippen LogP contribution in [-0.4, -0.2) is 56.9 Å². The minimum absolute atomic E-state index is 0.144. The fourth-order valence-corrected chi connectivity index (χ4v) is 2.53. The van der Waals surface area contributed by atoms with E-state index in [-0.39, 0.29) is 38.3 Å². The van der Waals surface area contributed by atoms with E-state index in [1.165, 1.54) is 10.8 Å². The number of ketones is 1. The first-order valence-corrected chi connectivity index (χ1v) is 7.75. The highest BCUT2D eigenvalue weighted by Gasteiger charge is 2.37. The predicted octanol–water partition coefficient (Wildman–Crippen LogP) is -1.06. The summed E-state index contributed by atoms with van der Waals surface area (Å²) in [5.41, 5.74) is -0.803. The summed E-state index contributed by atoms with van der Waals surface area (Å²) in [5, 5.41) is 17.9. The number of aliphatic hydroxyl groups is 1. The Morgan fingerprint density at radius 3 is 2.76 bits per heavy atom. The molecule has 0 aliphatic carbocycles. The first-order valence-electron chi connectivity index (χ1n) is 7.75. The average Bonchev–Trinajstić information content (AvgIpc) is 2.97. The zero-order valence-corrected chi connectivity index (χ0v) is 13.6. The molecule has 2 heterocycles. The average molecular weight is 356 g/mol. The standard InChI is InChI=1S/C15H20N2O8/c1-8-5-17(15(23)16-14(8)22)12-4-10(11(6-18)25-12)24-7-9(19)2-3-13(20)21/h5,10-12,18H,2-4,6-7H2,1H3,(H,20,21)(H,16,22,23)/t10?,11-,12-/m1/s1. The molecule has 10 heteroatoms. The largest absolute Gasteiger partial charge is 0.481 e. The second-order valence-corrected chi connectivity index (χ2v) is 5.81. The molecule has 25 heavy (non-hydrogen) atoms. The first kappa shape index (κ1) is 19.0. The molecular weight excluding hydrogens is 336 g/mol. The summed E-state index contributed by atoms with van der Waals surface area (Å²) in [7, 11) is 0. The zero-order valence-electron chi connectivity index (χ0n) is 13.6. The van der Waals surface area contributed by atoms with Crippen molar-refractivity contribution in [1.82, 2.24) is 9.55 Å². The van der Waals surface area contributed by atoms with Gasteiger partial charge in [0.15, 0.2) is 5.78 Å². The number of carbonyl (C=O) groups is 2. The summed E-state index contributed by atoms with van der Waals surface area (Å²) < 4.78 is 12.2. The Morgan fingerprint density at radius 1 is 1.40 bits per heavy atom. The third-order valence-electron chi connectivity index (χ3n) is 3.89. The number of nitrogens with one attached hydrogen (secondary N) is 1. The number of aliphatic hydroxyl groups excluding tert-OH is 1. The fourth-order valence-electron chi connectivity index (χ4n) is 2.53. The molecule has 0 saturated carbocycles. The third-order valence-corrected chi connectivity index (χ3v) is 3.89. The maximum Gasteiger partial charge on any atom is 0.330 e. The number of hydrogen-bond acceptors (Lipinski definition) is 7. The van der Waals surface area contributed by atoms with Gasteiger partial charge in [-0.1, -0.05) is 0 Å². The van der Waals surface area contributed by atoms with E-state index in [0.29, 0.717) is 5.56 Å². The van der Waals surface area contributed by atoms with E-state index in [0.717, 1.165) is 0 Å². The van der Waals surface area contributed by atoms with Crippen molar-refractivity contribution in [2.24, 2.45) is 0 Å². The summed E-state index contributed by atoms with van der Waals surface area (Å²) in [6.45, 7) is 0.869. The minimum Gasteiger partial charge on any atom is -0.481 e. The highest BCUT2D eigenvalue weighted by molar-refractivity contribution is 5.83. The van der Waals surface area contributed by atoms with Gasteiger partial charge in [-0.05, 0) is 6.92 Å². The Hall–Kier alpha value is -2.30. The number of carboxylic acids is 1. The molecule has 1 aliphatic rings. The summed E-state index contributed by atoms with van der Waals surface area (Å²) in [4.78, 5) is 47.5. The van der Waals surface area contributed by atoms with Gasteiger partial charge in [-0.3, -0.25) is 23.9 Å². The number of nitrogens with zero attached hydrogens (tertiary/aromatic N) is 1. The minimum atomic E-state index is -1.07. The van der Waals surface area contributed by atoms with Crippen molar-refractivity contribution in [3.63, 3.8) is 0 Å². The van der Waals surface area contributed by atoms with Crippen LogP contribution in [0.1, 0.15) is 31.1 Å². The van der Waals surface area contributed by atoms with Crippen molar-refractivity contribution in [2.45, 2.75) is 44.6 Å². The van der Waals surface area contributed by atoms with Crippen LogP contribution in [0, 0.1) is 6.92 Å². The molecule has 138 valence electrons. The number of aromatic amines is 1. The smallest absolute Gasteiger partial charge is 0.330 e. The summed E-state index contributed by atoms with van der Waals surface area (Å²) >= 11 is 0. The Kier molecular flexibility index (Phi) is 6.23. The number of aryl methyl sites for hydroxylation is 1. The van der Waals surface area contributed by atoms with E-state index in [9.17, 15) is 24.3 Å². The molecule has 3 atom stereocenters. The lowest BCUT2D eigenvalue weighted by Gasteiger charge is -2.16. The van der Waals surface area contributed by atoms with Crippen LogP contribution in [0.4, 0.5) is 0 Å². The van der Waals surface area contributed by atoms with E-state index in [1.54, 1.807) is 6.92 Å². The Labute approximate surface area is 142 Å². The number of rotatable bonds is 8. The van der Waals surface area contributed by atoms with Crippen LogP contribution >= 0.6 is 0 Å². The lowest BCUT2D eigenvalue weighted by Crippen LogP contribution is -2.33. The van der Waals surface area contributed by atoms with E-state index < -0.39 is 35.7 Å². The van der Waals surface area contributed by atoms with E-state index >= 15 is 0 Å². The predicted molar refractivity (Wildman–Crippen MR) is 83.3 cm³/mol. The summed E-state index contributed by atoms with van der Waals surface area (Å²) in [6, 6.07) is 0. The molecule has 2 rings (SSSR count). The lowest BCUT2D eigenvalue weighted by molar-refractivity contribution is -0.139. The molecular formula is C15H20N2O8. The quantitative estimate of drug-likeness (QED) is 0.534. The topological polar surface area (TPSA) is 148 Å². The first-order chi connectivity index (χ1) is 11.8. The normalized spacial score (nSPS) is 22.9. The Morgan fingerprint density at radius 2 is 2.12 bits per heavy atom. The van der Waals surface area contributed by atoms with Gasteiger partial charge >= 0.3 is 11.7 Å². The summed E-state index contributed by atoms with van der Waals surface area (Å²) in [6.07, 6.45) is -0.988. The number of carbonyl (C=O) groups excluding carboxylic acids is 1. The van der Waals surface area contributed by atoms with Crippen LogP contribution < -0.4 is 11.2 Å². The monoisotopic (exact) mass is 356 g/mol. The van der Waals surface area contributed by atoms with Gasteiger partial charge in [-0.15, -0.1) is 0 Å². The number of Topliss-reactive ketones (excluding diaryl/α,β-unsaturated/α-hetero) is 1. The van der Waals surface area contributed by atoms with E-state index in [1.807, 2.05) is 0 Å². The second-order valence-electron chi connectivity index (χ2n) is 5.81. The zero-order chi connectivity index (χ0) is 18.6. The van der Waals surface area contributed by atoms with Gasteiger partial charge in [0.2, 0.25) is 0 Å². The Balaban J connectivity index is 2.01. The molecule has 0 radical (unpaired) electrons. The molecule has 1 fully saturated rings. The van der Waals surface area contributed by atoms with Crippen molar-refractivity contribution < 1.29 is 29.3 Å². The van der Waals surface area contributed by atoms with Crippen LogP contribution in [0.5, 0.6) is 0 Å². The molecule has 0 aromatic carbocycles. The van der Waals surface area contributed by atoms with Gasteiger partial charge in [0.1, 0.15) is 18.9 Å². The molecule has 0 amide bonds. The van der Waals surface area contributed by atoms with E-state index in [2.05, 4.69) is 4.98 Å². The van der Waals surface area contributed by atoms with Gasteiger partial charge in [0.05, 0.1) is 19.1 Å². The van der Waals surface area contributed by atoms with Crippen LogP contribution in [0.3, 0.4) is 0 Å². The second kappa shape index (κ2) is 8.19. The van der Waals surface area contributed by atoms with Crippen molar-refractivity contribution in [1.29, 1.82) is 0 Å². The number of ether oxygens (including phenoxy) is 2. The third kappa shape index (κ3) is 4.84. The maximum atomic E-state index is 11.9. The Bertz CT molecular complexity index is 753. The summed E-state index contributed by atoms with van der Waals surface area (Å²) in [5.74, 6) is -1.45. The molecule has 1 unspecified atom stereocenters. The lowest BCUT2D eigenvalue weighted by atomic mass is 10.1. The highest BCUT2D eigenvalue weighted by atomic mass is 16.6. The fraction of sp³-hybridized carbons (Fsp3) is 0.600. The molecule has 1 aliphatic heterocycles. The maximum absolute atomic E-state index is 11.9. The van der Waals surface area contributed by atoms with Crippen molar-refractivity contribution >= 4 is 11.8 Å². The molecule has 1 aromatic rings. The number of hydrogen-bond donors (Lipinski definition) is 3. The van der Waals surface area contributed by atoms with Gasteiger partial charge in [-0.25, -0.2) is 4.79 Å². The van der Waals surface area contributed by atoms with Crippen LogP contribution in [0.2, 0.25) is 0 Å². The van der Waals surface area contributed by atoms with Gasteiger partial charge in [0.25, 0.3) is 5.56 Å². The molecule has 1 aromatic heterocycles. The van der Waals surface area contributed by atoms with E-state index in [4.69, 9.17) is 14.6 Å². The van der Waals surface area contributed by atoms with Crippen LogP contribution in [0.25, 0.3) is 0 Å². The van der Waals surface area contributed by atoms with Crippen molar-refractivity contribution in [3.05, 3.63) is 32.6 Å². The number of aromatic nitrogens is 2. The van der Waals surface area contributed by atoms with Crippen molar-refractivity contribution in [3.8, 4) is 0 Å². The number of aliphatic carboxylic acids is 1. The highest BCUT2D eigenvalue weighted by Crippen LogP contribution is 2.29. The number of carboxylic acid groups (broad SMARTS) is 1. The number of H-pyrrole nitrogens is 1. The molecule has 0 bridgehead atoms. The van der Waals surface area contributed by atoms with Crippen LogP contribution in [-0.2, 0) is 19.1 Å². The van der Waals surface area contributed by atoms with Gasteiger partial charge < -0.3 is 19.7 Å². The van der Waals surface area contributed by atoms with Crippen LogP contribution in [0.15, 0.2) is 15.8 Å². The molecule has 3 N–H and O–H groups in total. The van der Waals surface area contributed by atoms with Crippen molar-refractivity contribution in [2.75, 3.05) is 13.2 Å². The SMILES string of the molecule is Cc1cn([C@H]2CC(OCC(=O)CCC(=O)O)[C@@H](CO)O2)c(=O)[nH]c1=O. The molecule has 10 nitrogen and oxygen atoms in total.